The van der Waals surface area contributed by atoms with Crippen molar-refractivity contribution in [3.05, 3.63) is 53.1 Å². The number of anilines is 1. The Kier molecular flexibility index (Phi) is 5.24. The largest absolute Gasteiger partial charge is 0.493 e. The summed E-state index contributed by atoms with van der Waals surface area (Å²) in [5.74, 6) is 1.55. The second-order valence-electron chi connectivity index (χ2n) is 6.46. The molecule has 5 heteroatoms. The lowest BCUT2D eigenvalue weighted by Crippen LogP contribution is -3.10. The number of hydrogen-bond acceptors (Lipinski definition) is 3. The van der Waals surface area contributed by atoms with Crippen molar-refractivity contribution in [2.45, 2.75) is 26.4 Å². The second kappa shape index (κ2) is 7.57. The standard InChI is InChI=1S/C20H24N2O3/c1-14(23)21-18-6-4-15(5-7-18)12-22-9-8-16-10-19(24-2)20(25-3)11-17(16)13-22/h4-7,10-11H,8-9,12-13H2,1-3H3,(H,21,23)/p+1. The van der Waals surface area contributed by atoms with Crippen LogP contribution in [0.25, 0.3) is 0 Å². The summed E-state index contributed by atoms with van der Waals surface area (Å²) in [7, 11) is 3.35. The average Bonchev–Trinajstić information content (AvgIpc) is 2.61. The Hall–Kier alpha value is -2.53. The Morgan fingerprint density at radius 3 is 2.32 bits per heavy atom. The van der Waals surface area contributed by atoms with E-state index in [1.165, 1.54) is 28.5 Å². The van der Waals surface area contributed by atoms with Crippen LogP contribution in [0, 0.1) is 0 Å². The van der Waals surface area contributed by atoms with Crippen molar-refractivity contribution in [2.24, 2.45) is 0 Å². The SMILES string of the molecule is COc1cc2c(cc1OC)C[NH+](Cc1ccc(NC(C)=O)cc1)CC2. The van der Waals surface area contributed by atoms with Gasteiger partial charge in [-0.3, -0.25) is 4.79 Å². The van der Waals surface area contributed by atoms with Crippen molar-refractivity contribution in [1.82, 2.24) is 0 Å². The van der Waals surface area contributed by atoms with Gasteiger partial charge >= 0.3 is 0 Å². The molecule has 0 aromatic heterocycles. The number of hydrogen-bond donors (Lipinski definition) is 2. The number of methoxy groups -OCH3 is 2. The first-order valence-electron chi connectivity index (χ1n) is 8.53. The lowest BCUT2D eigenvalue weighted by atomic mass is 9.98. The molecule has 132 valence electrons. The topological polar surface area (TPSA) is 52.0 Å². The van der Waals surface area contributed by atoms with Crippen LogP contribution in [0.2, 0.25) is 0 Å². The van der Waals surface area contributed by atoms with Gasteiger partial charge in [-0.15, -0.1) is 0 Å². The van der Waals surface area contributed by atoms with Crippen LogP contribution in [-0.4, -0.2) is 26.7 Å². The Morgan fingerprint density at radius 2 is 1.72 bits per heavy atom. The number of rotatable bonds is 5. The molecule has 0 saturated carbocycles. The molecule has 0 fully saturated rings. The molecule has 0 spiro atoms. The van der Waals surface area contributed by atoms with E-state index in [4.69, 9.17) is 9.47 Å². The summed E-state index contributed by atoms with van der Waals surface area (Å²) in [5, 5.41) is 2.80. The molecule has 0 bridgehead atoms. The number of quaternary nitrogens is 1. The fraction of sp³-hybridized carbons (Fsp3) is 0.350. The molecule has 1 heterocycles. The fourth-order valence-corrected chi connectivity index (χ4v) is 3.38. The minimum atomic E-state index is -0.0459. The van der Waals surface area contributed by atoms with E-state index in [0.29, 0.717) is 0 Å². The maximum atomic E-state index is 11.1. The van der Waals surface area contributed by atoms with Gasteiger partial charge in [0, 0.05) is 30.2 Å². The van der Waals surface area contributed by atoms with Crippen molar-refractivity contribution in [3.8, 4) is 11.5 Å². The molecule has 0 saturated heterocycles. The molecule has 0 aliphatic carbocycles. The lowest BCUT2D eigenvalue weighted by Gasteiger charge is -2.27. The summed E-state index contributed by atoms with van der Waals surface area (Å²) in [4.78, 5) is 12.6. The molecule has 2 aromatic carbocycles. The first kappa shape index (κ1) is 17.3. The summed E-state index contributed by atoms with van der Waals surface area (Å²) in [6.07, 6.45) is 1.04. The average molecular weight is 341 g/mol. The van der Waals surface area contributed by atoms with Gasteiger partial charge < -0.3 is 19.7 Å². The Labute approximate surface area is 148 Å². The van der Waals surface area contributed by atoms with Crippen LogP contribution in [0.3, 0.4) is 0 Å². The normalized spacial score (nSPS) is 16.0. The van der Waals surface area contributed by atoms with Crippen molar-refractivity contribution in [2.75, 3.05) is 26.1 Å². The number of ether oxygens (including phenoxy) is 2. The van der Waals surface area contributed by atoms with E-state index in [1.54, 1.807) is 14.2 Å². The molecule has 1 atom stereocenters. The number of fused-ring (bicyclic) bond motifs is 1. The first-order chi connectivity index (χ1) is 12.1. The van der Waals surface area contributed by atoms with E-state index in [9.17, 15) is 4.79 Å². The van der Waals surface area contributed by atoms with E-state index >= 15 is 0 Å². The quantitative estimate of drug-likeness (QED) is 0.872. The number of carbonyl (C=O) groups excluding carboxylic acids is 1. The number of carbonyl (C=O) groups is 1. The van der Waals surface area contributed by atoms with Gasteiger partial charge in [-0.05, 0) is 29.8 Å². The molecule has 2 aromatic rings. The first-order valence-corrected chi connectivity index (χ1v) is 8.53. The van der Waals surface area contributed by atoms with Crippen molar-refractivity contribution < 1.29 is 19.2 Å². The molecule has 1 amide bonds. The molecule has 5 nitrogen and oxygen atoms in total. The molecule has 1 aliphatic heterocycles. The highest BCUT2D eigenvalue weighted by atomic mass is 16.5. The van der Waals surface area contributed by atoms with Gasteiger partial charge in [-0.25, -0.2) is 0 Å². The second-order valence-corrected chi connectivity index (χ2v) is 6.46. The number of benzene rings is 2. The van der Waals surface area contributed by atoms with Crippen molar-refractivity contribution in [3.63, 3.8) is 0 Å². The maximum absolute atomic E-state index is 11.1. The Balaban J connectivity index is 1.69. The van der Waals surface area contributed by atoms with Crippen LogP contribution in [0.4, 0.5) is 5.69 Å². The van der Waals surface area contributed by atoms with E-state index in [2.05, 4.69) is 29.6 Å². The zero-order chi connectivity index (χ0) is 17.8. The third kappa shape index (κ3) is 4.12. The van der Waals surface area contributed by atoms with Gasteiger partial charge in [-0.1, -0.05) is 12.1 Å². The third-order valence-corrected chi connectivity index (χ3v) is 4.62. The summed E-state index contributed by atoms with van der Waals surface area (Å²) >= 11 is 0. The summed E-state index contributed by atoms with van der Waals surface area (Å²) in [6, 6.07) is 12.3. The van der Waals surface area contributed by atoms with Gasteiger partial charge in [0.25, 0.3) is 0 Å². The van der Waals surface area contributed by atoms with Crippen molar-refractivity contribution in [1.29, 1.82) is 0 Å². The number of nitrogens with one attached hydrogen (secondary N) is 2. The van der Waals surface area contributed by atoms with Crippen LogP contribution in [0.15, 0.2) is 36.4 Å². The van der Waals surface area contributed by atoms with Gasteiger partial charge in [0.05, 0.1) is 20.8 Å². The zero-order valence-electron chi connectivity index (χ0n) is 15.0. The smallest absolute Gasteiger partial charge is 0.221 e. The highest BCUT2D eigenvalue weighted by molar-refractivity contribution is 5.88. The van der Waals surface area contributed by atoms with Crippen LogP contribution in [-0.2, 0) is 24.3 Å². The zero-order valence-corrected chi connectivity index (χ0v) is 15.0. The maximum Gasteiger partial charge on any atom is 0.221 e. The molecule has 25 heavy (non-hydrogen) atoms. The minimum Gasteiger partial charge on any atom is -0.493 e. The molecule has 0 radical (unpaired) electrons. The third-order valence-electron chi connectivity index (χ3n) is 4.62. The highest BCUT2D eigenvalue weighted by Gasteiger charge is 2.22. The molecular weight excluding hydrogens is 316 g/mol. The van der Waals surface area contributed by atoms with Gasteiger partial charge in [0.1, 0.15) is 13.1 Å². The fourth-order valence-electron chi connectivity index (χ4n) is 3.38. The van der Waals surface area contributed by atoms with E-state index < -0.39 is 0 Å². The van der Waals surface area contributed by atoms with E-state index in [-0.39, 0.29) is 5.91 Å². The molecule has 1 aliphatic rings. The summed E-state index contributed by atoms with van der Waals surface area (Å²) < 4.78 is 10.8. The molecular formula is C20H25N2O3+. The van der Waals surface area contributed by atoms with E-state index in [0.717, 1.165) is 43.2 Å². The van der Waals surface area contributed by atoms with Crippen LogP contribution < -0.4 is 19.7 Å². The lowest BCUT2D eigenvalue weighted by molar-refractivity contribution is -0.929. The molecule has 2 N–H and O–H groups in total. The summed E-state index contributed by atoms with van der Waals surface area (Å²) in [6.45, 7) is 4.56. The minimum absolute atomic E-state index is 0.0459. The van der Waals surface area contributed by atoms with Gasteiger partial charge in [0.15, 0.2) is 11.5 Å². The summed E-state index contributed by atoms with van der Waals surface area (Å²) in [5.41, 5.74) is 4.79. The van der Waals surface area contributed by atoms with Gasteiger partial charge in [-0.2, -0.15) is 0 Å². The monoisotopic (exact) mass is 341 g/mol. The van der Waals surface area contributed by atoms with Crippen molar-refractivity contribution >= 4 is 11.6 Å². The predicted molar refractivity (Wildman–Crippen MR) is 97.2 cm³/mol. The van der Waals surface area contributed by atoms with Crippen LogP contribution >= 0.6 is 0 Å². The molecule has 1 unspecified atom stereocenters. The Morgan fingerprint density at radius 1 is 1.08 bits per heavy atom. The van der Waals surface area contributed by atoms with Gasteiger partial charge in [0.2, 0.25) is 5.91 Å². The van der Waals surface area contributed by atoms with E-state index in [1.807, 2.05) is 12.1 Å². The number of amides is 1. The Bertz CT molecular complexity index is 756. The van der Waals surface area contributed by atoms with Crippen LogP contribution in [0.1, 0.15) is 23.6 Å². The highest BCUT2D eigenvalue weighted by Crippen LogP contribution is 2.31. The molecule has 3 rings (SSSR count). The van der Waals surface area contributed by atoms with Crippen LogP contribution in [0.5, 0.6) is 11.5 Å². The predicted octanol–water partition coefficient (Wildman–Crippen LogP) is 1.80.